The minimum atomic E-state index is -4.30. The Morgan fingerprint density at radius 1 is 1.30 bits per heavy atom. The van der Waals surface area contributed by atoms with Gasteiger partial charge >= 0.3 is 18.3 Å². The molecule has 0 unspecified atom stereocenters. The van der Waals surface area contributed by atoms with E-state index < -0.39 is 36.7 Å². The molecular weight excluding hydrogens is 372 g/mol. The van der Waals surface area contributed by atoms with E-state index in [4.69, 9.17) is 0 Å². The molecular formula is C17H18F4N2O4. The number of hydrogen-bond acceptors (Lipinski definition) is 4. The molecule has 0 spiro atoms. The van der Waals surface area contributed by atoms with Gasteiger partial charge in [0.05, 0.1) is 11.5 Å². The number of nitrogens with zero attached hydrogens (tertiary/aromatic N) is 2. The van der Waals surface area contributed by atoms with Crippen molar-refractivity contribution in [1.82, 2.24) is 9.88 Å². The molecule has 1 aromatic rings. The van der Waals surface area contributed by atoms with Crippen LogP contribution in [0.2, 0.25) is 0 Å². The Labute approximate surface area is 152 Å². The van der Waals surface area contributed by atoms with Gasteiger partial charge < -0.3 is 14.7 Å². The Bertz CT molecular complexity index is 709. The zero-order valence-electron chi connectivity index (χ0n) is 14.2. The van der Waals surface area contributed by atoms with E-state index in [1.165, 1.54) is 11.0 Å². The van der Waals surface area contributed by atoms with Crippen LogP contribution >= 0.6 is 0 Å². The van der Waals surface area contributed by atoms with E-state index in [1.807, 2.05) is 0 Å². The predicted molar refractivity (Wildman–Crippen MR) is 83.9 cm³/mol. The number of rotatable bonds is 7. The molecule has 1 N–H and O–H groups in total. The molecule has 1 saturated heterocycles. The van der Waals surface area contributed by atoms with Crippen LogP contribution in [-0.4, -0.2) is 58.9 Å². The van der Waals surface area contributed by atoms with Gasteiger partial charge in [-0.25, -0.2) is 13.8 Å². The number of carbonyl (C=O) groups is 2. The lowest BCUT2D eigenvalue weighted by molar-refractivity contribution is -0.148. The number of carbonyl (C=O) groups excluding carboxylic acids is 1. The highest BCUT2D eigenvalue weighted by Crippen LogP contribution is 2.44. The minimum absolute atomic E-state index is 0.0707. The van der Waals surface area contributed by atoms with E-state index >= 15 is 0 Å². The van der Waals surface area contributed by atoms with E-state index in [0.29, 0.717) is 12.5 Å². The van der Waals surface area contributed by atoms with Crippen LogP contribution in [-0.2, 0) is 4.79 Å². The average Bonchev–Trinajstić information content (AvgIpc) is 3.37. The summed E-state index contributed by atoms with van der Waals surface area (Å²) in [5.41, 5.74) is 0.142. The molecule has 1 aromatic heterocycles. The van der Waals surface area contributed by atoms with Crippen molar-refractivity contribution in [3.8, 4) is 5.88 Å². The zero-order chi connectivity index (χ0) is 19.8. The van der Waals surface area contributed by atoms with Crippen molar-refractivity contribution in [3.63, 3.8) is 0 Å². The number of ether oxygens (including phenoxy) is 1. The van der Waals surface area contributed by atoms with E-state index in [-0.39, 0.29) is 23.9 Å². The van der Waals surface area contributed by atoms with Crippen LogP contribution < -0.4 is 4.74 Å². The normalized spacial score (nSPS) is 22.9. The molecule has 1 amide bonds. The Balaban J connectivity index is 1.61. The first-order valence-electron chi connectivity index (χ1n) is 8.46. The molecule has 27 heavy (non-hydrogen) atoms. The fraction of sp³-hybridized carbons (Fsp3) is 0.588. The molecule has 3 rings (SSSR count). The van der Waals surface area contributed by atoms with Gasteiger partial charge in [0.25, 0.3) is 5.91 Å². The van der Waals surface area contributed by atoms with Crippen LogP contribution in [0.4, 0.5) is 17.6 Å². The van der Waals surface area contributed by atoms with E-state index in [0.717, 1.165) is 25.1 Å². The summed E-state index contributed by atoms with van der Waals surface area (Å²) in [6.07, 6.45) is -0.825. The zero-order valence-corrected chi connectivity index (χ0v) is 14.2. The Morgan fingerprint density at radius 2 is 2.00 bits per heavy atom. The molecule has 0 aromatic carbocycles. The SMILES string of the molecule is O=C(O)[C@H]1CN(C(=O)c2ccc(OCC(F)(F)C(F)F)nc2)C[C@@H]1C1CC1. The molecule has 148 valence electrons. The molecule has 2 atom stereocenters. The number of aromatic nitrogens is 1. The summed E-state index contributed by atoms with van der Waals surface area (Å²) in [5.74, 6) is -6.30. The number of alkyl halides is 4. The molecule has 1 aliphatic heterocycles. The number of carboxylic acid groups (broad SMARTS) is 1. The first kappa shape index (κ1) is 19.4. The second-order valence-corrected chi connectivity index (χ2v) is 6.89. The summed E-state index contributed by atoms with van der Waals surface area (Å²) < 4.78 is 54.4. The van der Waals surface area contributed by atoms with E-state index in [2.05, 4.69) is 9.72 Å². The largest absolute Gasteiger partial charge is 0.481 e. The number of hydrogen-bond donors (Lipinski definition) is 1. The number of halogens is 4. The molecule has 2 aliphatic rings. The summed E-state index contributed by atoms with van der Waals surface area (Å²) in [5, 5.41) is 9.35. The lowest BCUT2D eigenvalue weighted by Crippen LogP contribution is -2.34. The van der Waals surface area contributed by atoms with Gasteiger partial charge in [-0.2, -0.15) is 8.78 Å². The lowest BCUT2D eigenvalue weighted by Gasteiger charge is -2.17. The highest BCUT2D eigenvalue weighted by atomic mass is 19.3. The van der Waals surface area contributed by atoms with E-state index in [9.17, 15) is 32.3 Å². The summed E-state index contributed by atoms with van der Waals surface area (Å²) in [7, 11) is 0. The van der Waals surface area contributed by atoms with E-state index in [1.54, 1.807) is 0 Å². The quantitative estimate of drug-likeness (QED) is 0.724. The monoisotopic (exact) mass is 390 g/mol. The highest BCUT2D eigenvalue weighted by Gasteiger charge is 2.47. The number of carboxylic acids is 1. The highest BCUT2D eigenvalue weighted by molar-refractivity contribution is 5.94. The molecule has 2 fully saturated rings. The van der Waals surface area contributed by atoms with Crippen molar-refractivity contribution in [1.29, 1.82) is 0 Å². The van der Waals surface area contributed by atoms with Gasteiger partial charge in [0.15, 0.2) is 6.61 Å². The minimum Gasteiger partial charge on any atom is -0.481 e. The first-order chi connectivity index (χ1) is 12.7. The fourth-order valence-electron chi connectivity index (χ4n) is 3.27. The van der Waals surface area contributed by atoms with Crippen molar-refractivity contribution in [2.45, 2.75) is 25.2 Å². The third-order valence-electron chi connectivity index (χ3n) is 4.91. The van der Waals surface area contributed by atoms with Crippen molar-refractivity contribution >= 4 is 11.9 Å². The van der Waals surface area contributed by atoms with Crippen LogP contribution in [0.1, 0.15) is 23.2 Å². The van der Waals surface area contributed by atoms with Crippen LogP contribution in [0.3, 0.4) is 0 Å². The number of pyridine rings is 1. The number of aliphatic carboxylic acids is 1. The molecule has 2 heterocycles. The Hall–Kier alpha value is -2.39. The van der Waals surface area contributed by atoms with Crippen LogP contribution in [0.5, 0.6) is 5.88 Å². The lowest BCUT2D eigenvalue weighted by atomic mass is 9.92. The summed E-state index contributed by atoms with van der Waals surface area (Å²) in [6, 6.07) is 2.42. The third-order valence-corrected chi connectivity index (χ3v) is 4.91. The van der Waals surface area contributed by atoms with Gasteiger partial charge in [0, 0.05) is 25.4 Å². The van der Waals surface area contributed by atoms with Gasteiger partial charge in [0.1, 0.15) is 0 Å². The molecule has 6 nitrogen and oxygen atoms in total. The maximum absolute atomic E-state index is 12.8. The molecule has 0 bridgehead atoms. The van der Waals surface area contributed by atoms with Gasteiger partial charge in [-0.3, -0.25) is 9.59 Å². The van der Waals surface area contributed by atoms with Crippen LogP contribution in [0.25, 0.3) is 0 Å². The van der Waals surface area contributed by atoms with Crippen molar-refractivity contribution in [3.05, 3.63) is 23.9 Å². The van der Waals surface area contributed by atoms with Crippen molar-refractivity contribution in [2.24, 2.45) is 17.8 Å². The Morgan fingerprint density at radius 3 is 2.52 bits per heavy atom. The maximum Gasteiger partial charge on any atom is 0.340 e. The number of likely N-dealkylation sites (tertiary alicyclic amines) is 1. The number of amides is 1. The Kier molecular flexibility index (Phi) is 5.25. The average molecular weight is 390 g/mol. The third kappa shape index (κ3) is 4.30. The molecule has 1 aliphatic carbocycles. The van der Waals surface area contributed by atoms with Crippen molar-refractivity contribution in [2.75, 3.05) is 19.7 Å². The molecule has 0 radical (unpaired) electrons. The summed E-state index contributed by atoms with van der Waals surface area (Å²) in [4.78, 5) is 29.1. The molecule has 10 heteroatoms. The van der Waals surface area contributed by atoms with Gasteiger partial charge in [-0.1, -0.05) is 0 Å². The first-order valence-corrected chi connectivity index (χ1v) is 8.46. The topological polar surface area (TPSA) is 79.7 Å². The second-order valence-electron chi connectivity index (χ2n) is 6.89. The van der Waals surface area contributed by atoms with Gasteiger partial charge in [-0.05, 0) is 30.7 Å². The van der Waals surface area contributed by atoms with Crippen LogP contribution in [0, 0.1) is 17.8 Å². The second kappa shape index (κ2) is 7.32. The van der Waals surface area contributed by atoms with Gasteiger partial charge in [0.2, 0.25) is 5.88 Å². The molecule has 1 saturated carbocycles. The summed E-state index contributed by atoms with van der Waals surface area (Å²) in [6.45, 7) is -1.08. The fourth-order valence-corrected chi connectivity index (χ4v) is 3.27. The standard InChI is InChI=1S/C17H18F4N2O4/c18-16(19)17(20,21)8-27-13-4-3-10(5-22-13)14(24)23-6-11(9-1-2-9)12(7-23)15(25)26/h3-5,9,11-12,16H,1-2,6-8H2,(H,25,26)/t11-,12+/m1/s1. The van der Waals surface area contributed by atoms with Crippen LogP contribution in [0.15, 0.2) is 18.3 Å². The van der Waals surface area contributed by atoms with Crippen molar-refractivity contribution < 1.29 is 37.0 Å². The smallest absolute Gasteiger partial charge is 0.340 e. The summed E-state index contributed by atoms with van der Waals surface area (Å²) >= 11 is 0. The predicted octanol–water partition coefficient (Wildman–Crippen LogP) is 2.54. The maximum atomic E-state index is 12.8. The van der Waals surface area contributed by atoms with Gasteiger partial charge in [-0.15, -0.1) is 0 Å².